The first kappa shape index (κ1) is 15.4. The van der Waals surface area contributed by atoms with Crippen LogP contribution < -0.4 is 5.32 Å². The Hall–Kier alpha value is -0.980. The minimum Gasteiger partial charge on any atom is -0.313 e. The highest BCUT2D eigenvalue weighted by molar-refractivity contribution is 7.89. The van der Waals surface area contributed by atoms with Gasteiger partial charge in [0.15, 0.2) is 0 Å². The van der Waals surface area contributed by atoms with E-state index in [0.29, 0.717) is 19.6 Å². The molecule has 0 aliphatic carbocycles. The van der Waals surface area contributed by atoms with E-state index in [1.54, 1.807) is 6.07 Å². The van der Waals surface area contributed by atoms with Crippen LogP contribution in [-0.4, -0.2) is 32.4 Å². The van der Waals surface area contributed by atoms with Crippen molar-refractivity contribution in [2.75, 3.05) is 19.6 Å². The number of halogens is 1. The molecular formula is C14H21FN2O2S. The topological polar surface area (TPSA) is 49.4 Å². The maximum absolute atomic E-state index is 14.1. The molecule has 1 aliphatic heterocycles. The molecule has 112 valence electrons. The lowest BCUT2D eigenvalue weighted by molar-refractivity contribution is 0.345. The van der Waals surface area contributed by atoms with Gasteiger partial charge in [0.25, 0.3) is 0 Å². The van der Waals surface area contributed by atoms with E-state index < -0.39 is 15.8 Å². The Morgan fingerprint density at radius 2 is 1.95 bits per heavy atom. The van der Waals surface area contributed by atoms with Crippen LogP contribution >= 0.6 is 0 Å². The summed E-state index contributed by atoms with van der Waals surface area (Å²) in [7, 11) is -3.69. The summed E-state index contributed by atoms with van der Waals surface area (Å²) in [6.45, 7) is 4.26. The second-order valence-electron chi connectivity index (χ2n) is 5.01. The fourth-order valence-corrected chi connectivity index (χ4v) is 3.94. The molecule has 1 aliphatic rings. The number of benzene rings is 1. The Kier molecular flexibility index (Phi) is 5.12. The molecule has 0 aromatic heterocycles. The highest BCUT2D eigenvalue weighted by Gasteiger charge is 2.28. The monoisotopic (exact) mass is 300 g/mol. The van der Waals surface area contributed by atoms with Crippen molar-refractivity contribution < 1.29 is 12.8 Å². The summed E-state index contributed by atoms with van der Waals surface area (Å²) >= 11 is 0. The Labute approximate surface area is 120 Å². The molecule has 2 rings (SSSR count). The van der Waals surface area contributed by atoms with Gasteiger partial charge in [-0.2, -0.15) is 4.31 Å². The standard InChI is InChI=1S/C14H21FN2O2S/c1-2-16-11-12-6-7-14(13(15)10-12)20(18,19)17-8-4-3-5-9-17/h6-7,10,16H,2-5,8-9,11H2,1H3. The number of piperidine rings is 1. The average molecular weight is 300 g/mol. The first-order valence-corrected chi connectivity index (χ1v) is 8.49. The van der Waals surface area contributed by atoms with Crippen LogP contribution in [0.25, 0.3) is 0 Å². The molecule has 1 N–H and O–H groups in total. The van der Waals surface area contributed by atoms with E-state index in [9.17, 15) is 12.8 Å². The van der Waals surface area contributed by atoms with Crippen LogP contribution in [0.2, 0.25) is 0 Å². The van der Waals surface area contributed by atoms with Gasteiger partial charge in [0.05, 0.1) is 0 Å². The minimum absolute atomic E-state index is 0.209. The SMILES string of the molecule is CCNCc1ccc(S(=O)(=O)N2CCCCC2)c(F)c1. The van der Waals surface area contributed by atoms with E-state index in [1.165, 1.54) is 16.4 Å². The zero-order valence-electron chi connectivity index (χ0n) is 11.7. The Morgan fingerprint density at radius 1 is 1.25 bits per heavy atom. The third kappa shape index (κ3) is 3.37. The van der Waals surface area contributed by atoms with Crippen LogP contribution in [0, 0.1) is 5.82 Å². The number of nitrogens with one attached hydrogen (secondary N) is 1. The molecule has 0 atom stereocenters. The highest BCUT2D eigenvalue weighted by atomic mass is 32.2. The number of hydrogen-bond acceptors (Lipinski definition) is 3. The smallest absolute Gasteiger partial charge is 0.245 e. The summed E-state index contributed by atoms with van der Waals surface area (Å²) in [5, 5.41) is 3.09. The molecule has 6 heteroatoms. The predicted octanol–water partition coefficient (Wildman–Crippen LogP) is 2.11. The third-order valence-electron chi connectivity index (χ3n) is 3.51. The van der Waals surface area contributed by atoms with Crippen molar-refractivity contribution >= 4 is 10.0 Å². The van der Waals surface area contributed by atoms with Gasteiger partial charge < -0.3 is 5.32 Å². The molecular weight excluding hydrogens is 279 g/mol. The molecule has 0 amide bonds. The van der Waals surface area contributed by atoms with Gasteiger partial charge in [-0.1, -0.05) is 19.4 Å². The van der Waals surface area contributed by atoms with Crippen LogP contribution in [0.3, 0.4) is 0 Å². The molecule has 0 spiro atoms. The zero-order chi connectivity index (χ0) is 14.6. The molecule has 0 saturated carbocycles. The summed E-state index contributed by atoms with van der Waals surface area (Å²) in [5.74, 6) is -0.661. The molecule has 4 nitrogen and oxygen atoms in total. The molecule has 1 aromatic rings. The van der Waals surface area contributed by atoms with Crippen LogP contribution in [0.4, 0.5) is 4.39 Å². The van der Waals surface area contributed by atoms with E-state index in [1.807, 2.05) is 6.92 Å². The van der Waals surface area contributed by atoms with E-state index in [-0.39, 0.29) is 4.90 Å². The normalized spacial score (nSPS) is 17.3. The third-order valence-corrected chi connectivity index (χ3v) is 5.44. The molecule has 1 aromatic carbocycles. The maximum atomic E-state index is 14.1. The maximum Gasteiger partial charge on any atom is 0.245 e. The van der Waals surface area contributed by atoms with Gasteiger partial charge in [-0.3, -0.25) is 0 Å². The first-order valence-electron chi connectivity index (χ1n) is 7.05. The van der Waals surface area contributed by atoms with Crippen molar-refractivity contribution in [2.45, 2.75) is 37.6 Å². The number of nitrogens with zero attached hydrogens (tertiary/aromatic N) is 1. The largest absolute Gasteiger partial charge is 0.313 e. The predicted molar refractivity (Wildman–Crippen MR) is 76.4 cm³/mol. The molecule has 1 fully saturated rings. The van der Waals surface area contributed by atoms with E-state index in [0.717, 1.165) is 31.4 Å². The number of hydrogen-bond donors (Lipinski definition) is 1. The quantitative estimate of drug-likeness (QED) is 0.906. The number of sulfonamides is 1. The molecule has 20 heavy (non-hydrogen) atoms. The molecule has 1 heterocycles. The van der Waals surface area contributed by atoms with Crippen molar-refractivity contribution in [3.63, 3.8) is 0 Å². The highest BCUT2D eigenvalue weighted by Crippen LogP contribution is 2.23. The lowest BCUT2D eigenvalue weighted by atomic mass is 10.2. The minimum atomic E-state index is -3.69. The van der Waals surface area contributed by atoms with Crippen LogP contribution in [0.15, 0.2) is 23.1 Å². The van der Waals surface area contributed by atoms with Gasteiger partial charge in [-0.25, -0.2) is 12.8 Å². The van der Waals surface area contributed by atoms with Crippen molar-refractivity contribution in [1.29, 1.82) is 0 Å². The van der Waals surface area contributed by atoms with Gasteiger partial charge in [0.2, 0.25) is 10.0 Å². The fourth-order valence-electron chi connectivity index (χ4n) is 2.38. The second-order valence-corrected chi connectivity index (χ2v) is 6.92. The van der Waals surface area contributed by atoms with Gasteiger partial charge in [0, 0.05) is 19.6 Å². The Morgan fingerprint density at radius 3 is 2.55 bits per heavy atom. The lowest BCUT2D eigenvalue weighted by Crippen LogP contribution is -2.36. The summed E-state index contributed by atoms with van der Waals surface area (Å²) in [6.07, 6.45) is 2.73. The van der Waals surface area contributed by atoms with E-state index >= 15 is 0 Å². The van der Waals surface area contributed by atoms with Crippen LogP contribution in [-0.2, 0) is 16.6 Å². The Bertz CT molecular complexity index is 554. The van der Waals surface area contributed by atoms with Gasteiger partial charge in [0.1, 0.15) is 10.7 Å². The summed E-state index contributed by atoms with van der Waals surface area (Å²) in [5.41, 5.74) is 0.752. The first-order chi connectivity index (χ1) is 9.55. The zero-order valence-corrected chi connectivity index (χ0v) is 12.5. The van der Waals surface area contributed by atoms with Crippen LogP contribution in [0.1, 0.15) is 31.7 Å². The summed E-state index contributed by atoms with van der Waals surface area (Å²) in [6, 6.07) is 4.36. The second kappa shape index (κ2) is 6.65. The fraction of sp³-hybridized carbons (Fsp3) is 0.571. The van der Waals surface area contributed by atoms with Gasteiger partial charge in [-0.05, 0) is 37.1 Å². The van der Waals surface area contributed by atoms with Gasteiger partial charge >= 0.3 is 0 Å². The Balaban J connectivity index is 2.23. The molecule has 0 radical (unpaired) electrons. The number of rotatable bonds is 5. The molecule has 1 saturated heterocycles. The van der Waals surface area contributed by atoms with Gasteiger partial charge in [-0.15, -0.1) is 0 Å². The van der Waals surface area contributed by atoms with Crippen molar-refractivity contribution in [3.8, 4) is 0 Å². The van der Waals surface area contributed by atoms with Crippen LogP contribution in [0.5, 0.6) is 0 Å². The van der Waals surface area contributed by atoms with E-state index in [4.69, 9.17) is 0 Å². The summed E-state index contributed by atoms with van der Waals surface area (Å²) < 4.78 is 40.3. The molecule has 0 bridgehead atoms. The molecule has 0 unspecified atom stereocenters. The average Bonchev–Trinajstić information content (AvgIpc) is 2.46. The van der Waals surface area contributed by atoms with Crippen molar-refractivity contribution in [1.82, 2.24) is 9.62 Å². The van der Waals surface area contributed by atoms with Crippen molar-refractivity contribution in [3.05, 3.63) is 29.6 Å². The van der Waals surface area contributed by atoms with Crippen molar-refractivity contribution in [2.24, 2.45) is 0 Å². The van der Waals surface area contributed by atoms with E-state index in [2.05, 4.69) is 5.32 Å². The lowest BCUT2D eigenvalue weighted by Gasteiger charge is -2.26. The summed E-state index contributed by atoms with van der Waals surface area (Å²) in [4.78, 5) is -0.209.